The zero-order chi connectivity index (χ0) is 12.6. The lowest BCUT2D eigenvalue weighted by atomic mass is 9.79. The molecule has 1 aliphatic rings. The summed E-state index contributed by atoms with van der Waals surface area (Å²) in [4.78, 5) is 0. The van der Waals surface area contributed by atoms with Crippen molar-refractivity contribution in [3.05, 3.63) is 34.4 Å². The minimum absolute atomic E-state index is 0.0893. The predicted molar refractivity (Wildman–Crippen MR) is 65.5 cm³/mol. The number of alkyl halides is 2. The third-order valence-electron chi connectivity index (χ3n) is 3.30. The van der Waals surface area contributed by atoms with Crippen molar-refractivity contribution in [1.29, 1.82) is 0 Å². The van der Waals surface area contributed by atoms with Crippen LogP contribution < -0.4 is 5.32 Å². The van der Waals surface area contributed by atoms with Crippen LogP contribution in [0, 0.1) is 0 Å². The lowest BCUT2D eigenvalue weighted by Gasteiger charge is -2.29. The fraction of sp³-hybridized carbons (Fsp3) is 0.571. The molecule has 1 aromatic carbocycles. The Balaban J connectivity index is 2.58. The van der Waals surface area contributed by atoms with E-state index in [1.54, 1.807) is 12.1 Å². The topological polar surface area (TPSA) is 12.0 Å². The Bertz CT molecular complexity index is 419. The summed E-state index contributed by atoms with van der Waals surface area (Å²) >= 11 is 0. The van der Waals surface area contributed by atoms with E-state index in [1.165, 1.54) is 5.56 Å². The van der Waals surface area contributed by atoms with E-state index in [2.05, 4.69) is 26.1 Å². The van der Waals surface area contributed by atoms with Gasteiger partial charge in [-0.15, -0.1) is 0 Å². The molecule has 1 heterocycles. The number of benzene rings is 1. The highest BCUT2D eigenvalue weighted by atomic mass is 19.3. The summed E-state index contributed by atoms with van der Waals surface area (Å²) in [5.41, 5.74) is 3.43. The summed E-state index contributed by atoms with van der Waals surface area (Å²) in [6.07, 6.45) is -1.53. The van der Waals surface area contributed by atoms with Crippen LogP contribution in [-0.4, -0.2) is 6.54 Å². The van der Waals surface area contributed by atoms with Crippen LogP contribution in [0.2, 0.25) is 0 Å². The van der Waals surface area contributed by atoms with Crippen molar-refractivity contribution in [2.45, 2.75) is 45.6 Å². The van der Waals surface area contributed by atoms with E-state index < -0.39 is 6.43 Å². The molecule has 0 unspecified atom stereocenters. The van der Waals surface area contributed by atoms with Crippen molar-refractivity contribution in [3.63, 3.8) is 0 Å². The maximum absolute atomic E-state index is 12.9. The molecule has 2 rings (SSSR count). The van der Waals surface area contributed by atoms with Crippen LogP contribution in [0.15, 0.2) is 12.1 Å². The Morgan fingerprint density at radius 1 is 1.24 bits per heavy atom. The highest BCUT2D eigenvalue weighted by molar-refractivity contribution is 5.44. The van der Waals surface area contributed by atoms with Gasteiger partial charge in [-0.1, -0.05) is 20.8 Å². The van der Waals surface area contributed by atoms with E-state index in [0.717, 1.165) is 30.6 Å². The maximum atomic E-state index is 12.9. The molecule has 17 heavy (non-hydrogen) atoms. The molecule has 0 fully saturated rings. The van der Waals surface area contributed by atoms with Crippen LogP contribution in [0.4, 0.5) is 8.78 Å². The summed E-state index contributed by atoms with van der Waals surface area (Å²) in [6, 6.07) is 3.35. The third-order valence-corrected chi connectivity index (χ3v) is 3.30. The summed E-state index contributed by atoms with van der Waals surface area (Å²) in [5.74, 6) is 0. The van der Waals surface area contributed by atoms with Crippen molar-refractivity contribution in [2.75, 3.05) is 6.54 Å². The van der Waals surface area contributed by atoms with Crippen LogP contribution in [0.1, 0.15) is 49.5 Å². The van der Waals surface area contributed by atoms with Gasteiger partial charge in [-0.05, 0) is 47.2 Å². The van der Waals surface area contributed by atoms with Crippen LogP contribution in [-0.2, 0) is 18.4 Å². The molecule has 0 amide bonds. The number of halogens is 2. The molecule has 3 heteroatoms. The number of hydrogen-bond donors (Lipinski definition) is 1. The van der Waals surface area contributed by atoms with Gasteiger partial charge in [0.05, 0.1) is 0 Å². The van der Waals surface area contributed by atoms with E-state index in [9.17, 15) is 8.78 Å². The molecule has 1 aliphatic heterocycles. The van der Waals surface area contributed by atoms with Crippen molar-refractivity contribution in [1.82, 2.24) is 5.32 Å². The van der Waals surface area contributed by atoms with Crippen molar-refractivity contribution in [2.24, 2.45) is 0 Å². The first-order valence-electron chi connectivity index (χ1n) is 6.04. The quantitative estimate of drug-likeness (QED) is 0.790. The minimum Gasteiger partial charge on any atom is -0.312 e. The number of rotatable bonds is 1. The first kappa shape index (κ1) is 12.5. The Hall–Kier alpha value is -0.960. The molecular formula is C14H19F2N. The first-order chi connectivity index (χ1) is 7.89. The molecule has 1 aromatic rings. The largest absolute Gasteiger partial charge is 0.312 e. The Kier molecular flexibility index (Phi) is 3.21. The molecular weight excluding hydrogens is 220 g/mol. The van der Waals surface area contributed by atoms with Gasteiger partial charge in [-0.2, -0.15) is 0 Å². The molecule has 94 valence electrons. The van der Waals surface area contributed by atoms with Crippen LogP contribution in [0.25, 0.3) is 0 Å². The SMILES string of the molecule is CC(C)(C)c1cc(C(F)F)cc2c1CNCC2. The van der Waals surface area contributed by atoms with E-state index in [4.69, 9.17) is 0 Å². The monoisotopic (exact) mass is 239 g/mol. The molecule has 0 radical (unpaired) electrons. The first-order valence-corrected chi connectivity index (χ1v) is 6.04. The smallest absolute Gasteiger partial charge is 0.263 e. The number of fused-ring (bicyclic) bond motifs is 1. The summed E-state index contributed by atoms with van der Waals surface area (Å²) < 4.78 is 25.8. The molecule has 0 atom stereocenters. The molecule has 1 nitrogen and oxygen atoms in total. The second-order valence-corrected chi connectivity index (χ2v) is 5.68. The average Bonchev–Trinajstić information content (AvgIpc) is 2.26. The van der Waals surface area contributed by atoms with Gasteiger partial charge in [0.1, 0.15) is 0 Å². The molecule has 0 spiro atoms. The van der Waals surface area contributed by atoms with Crippen molar-refractivity contribution in [3.8, 4) is 0 Å². The van der Waals surface area contributed by atoms with Gasteiger partial charge in [0, 0.05) is 12.1 Å². The normalized spacial score (nSPS) is 16.1. The second-order valence-electron chi connectivity index (χ2n) is 5.68. The third kappa shape index (κ3) is 2.49. The van der Waals surface area contributed by atoms with Gasteiger partial charge in [-0.25, -0.2) is 8.78 Å². The van der Waals surface area contributed by atoms with Crippen LogP contribution >= 0.6 is 0 Å². The fourth-order valence-electron chi connectivity index (χ4n) is 2.42. The van der Waals surface area contributed by atoms with Crippen molar-refractivity contribution < 1.29 is 8.78 Å². The fourth-order valence-corrected chi connectivity index (χ4v) is 2.42. The molecule has 0 aliphatic carbocycles. The van der Waals surface area contributed by atoms with Crippen LogP contribution in [0.5, 0.6) is 0 Å². The lowest BCUT2D eigenvalue weighted by molar-refractivity contribution is 0.151. The van der Waals surface area contributed by atoms with Gasteiger partial charge in [0.15, 0.2) is 0 Å². The summed E-state index contributed by atoms with van der Waals surface area (Å²) in [7, 11) is 0. The van der Waals surface area contributed by atoms with Gasteiger partial charge in [0.25, 0.3) is 6.43 Å². The van der Waals surface area contributed by atoms with E-state index in [1.807, 2.05) is 0 Å². The molecule has 0 saturated heterocycles. The zero-order valence-corrected chi connectivity index (χ0v) is 10.6. The standard InChI is InChI=1S/C14H19F2N/c1-14(2,3)12-7-10(13(15)16)6-9-4-5-17-8-11(9)12/h6-7,13,17H,4-5,8H2,1-3H3. The number of hydrogen-bond acceptors (Lipinski definition) is 1. The van der Waals surface area contributed by atoms with Gasteiger partial charge in [-0.3, -0.25) is 0 Å². The lowest BCUT2D eigenvalue weighted by Crippen LogP contribution is -2.28. The predicted octanol–water partition coefficient (Wildman–Crippen LogP) is 3.57. The van der Waals surface area contributed by atoms with Crippen molar-refractivity contribution >= 4 is 0 Å². The summed E-state index contributed by atoms with van der Waals surface area (Å²) in [5, 5.41) is 3.31. The minimum atomic E-state index is -2.38. The molecule has 0 saturated carbocycles. The highest BCUT2D eigenvalue weighted by Crippen LogP contribution is 2.33. The molecule has 1 N–H and O–H groups in total. The molecule has 0 aromatic heterocycles. The Morgan fingerprint density at radius 3 is 2.53 bits per heavy atom. The van der Waals surface area contributed by atoms with Gasteiger partial charge in [0.2, 0.25) is 0 Å². The average molecular weight is 239 g/mol. The Labute approximate surface area is 101 Å². The Morgan fingerprint density at radius 2 is 1.94 bits per heavy atom. The summed E-state index contributed by atoms with van der Waals surface area (Å²) in [6.45, 7) is 7.90. The second kappa shape index (κ2) is 4.37. The van der Waals surface area contributed by atoms with E-state index >= 15 is 0 Å². The van der Waals surface area contributed by atoms with Crippen LogP contribution in [0.3, 0.4) is 0 Å². The number of nitrogens with one attached hydrogen (secondary N) is 1. The maximum Gasteiger partial charge on any atom is 0.263 e. The zero-order valence-electron chi connectivity index (χ0n) is 10.6. The van der Waals surface area contributed by atoms with E-state index in [0.29, 0.717) is 0 Å². The van der Waals surface area contributed by atoms with E-state index in [-0.39, 0.29) is 11.0 Å². The van der Waals surface area contributed by atoms with Gasteiger partial charge >= 0.3 is 0 Å². The van der Waals surface area contributed by atoms with Gasteiger partial charge < -0.3 is 5.32 Å². The highest BCUT2D eigenvalue weighted by Gasteiger charge is 2.24. The molecule has 0 bridgehead atoms.